The van der Waals surface area contributed by atoms with E-state index < -0.39 is 0 Å². The van der Waals surface area contributed by atoms with Gasteiger partial charge in [0.1, 0.15) is 0 Å². The second kappa shape index (κ2) is 8.09. The Morgan fingerprint density at radius 1 is 1.10 bits per heavy atom. The first-order valence-electron chi connectivity index (χ1n) is 7.81. The van der Waals surface area contributed by atoms with Gasteiger partial charge in [-0.3, -0.25) is 0 Å². The minimum absolute atomic E-state index is 0.242. The van der Waals surface area contributed by atoms with Crippen molar-refractivity contribution < 1.29 is 0 Å². The summed E-state index contributed by atoms with van der Waals surface area (Å²) in [7, 11) is 0. The lowest BCUT2D eigenvalue weighted by Gasteiger charge is -2.22. The molecule has 0 amide bonds. The molecule has 0 radical (unpaired) electrons. The van der Waals surface area contributed by atoms with Crippen LogP contribution in [0.3, 0.4) is 0 Å². The van der Waals surface area contributed by atoms with Crippen LogP contribution in [0.4, 0.5) is 0 Å². The zero-order chi connectivity index (χ0) is 15.2. The zero-order valence-electron chi connectivity index (χ0n) is 14.0. The third kappa shape index (κ3) is 5.88. The van der Waals surface area contributed by atoms with Crippen molar-refractivity contribution in [2.24, 2.45) is 5.92 Å². The molecule has 0 aromatic heterocycles. The van der Waals surface area contributed by atoms with Crippen molar-refractivity contribution >= 4 is 11.8 Å². The molecule has 0 saturated heterocycles. The van der Waals surface area contributed by atoms with Crippen molar-refractivity contribution in [2.45, 2.75) is 64.3 Å². The Balaban J connectivity index is 2.55. The molecule has 0 heterocycles. The van der Waals surface area contributed by atoms with E-state index >= 15 is 0 Å². The van der Waals surface area contributed by atoms with E-state index in [1.807, 2.05) is 11.8 Å². The number of rotatable bonds is 7. The SMILES string of the molecule is CCCNC(CSc1ccc(C(C)(C)C)cc1)C(C)C. The highest BCUT2D eigenvalue weighted by atomic mass is 32.2. The highest BCUT2D eigenvalue weighted by molar-refractivity contribution is 7.99. The van der Waals surface area contributed by atoms with Crippen molar-refractivity contribution in [3.8, 4) is 0 Å². The first kappa shape index (κ1) is 17.6. The van der Waals surface area contributed by atoms with E-state index in [0.29, 0.717) is 12.0 Å². The maximum Gasteiger partial charge on any atom is 0.0184 e. The molecule has 0 bridgehead atoms. The van der Waals surface area contributed by atoms with Gasteiger partial charge in [0.25, 0.3) is 0 Å². The molecule has 0 fully saturated rings. The maximum atomic E-state index is 3.65. The van der Waals surface area contributed by atoms with Gasteiger partial charge >= 0.3 is 0 Å². The molecule has 1 aromatic carbocycles. The summed E-state index contributed by atoms with van der Waals surface area (Å²) < 4.78 is 0. The first-order valence-corrected chi connectivity index (χ1v) is 8.80. The van der Waals surface area contributed by atoms with Crippen LogP contribution in [0.2, 0.25) is 0 Å². The Bertz CT molecular complexity index is 375. The summed E-state index contributed by atoms with van der Waals surface area (Å²) in [5.74, 6) is 1.83. The first-order chi connectivity index (χ1) is 9.34. The summed E-state index contributed by atoms with van der Waals surface area (Å²) in [6, 6.07) is 9.67. The number of thioether (sulfide) groups is 1. The summed E-state index contributed by atoms with van der Waals surface area (Å²) in [6.45, 7) is 14.7. The Morgan fingerprint density at radius 2 is 1.70 bits per heavy atom. The van der Waals surface area contributed by atoms with Gasteiger partial charge in [-0.1, -0.05) is 53.7 Å². The van der Waals surface area contributed by atoms with Crippen LogP contribution in [0.5, 0.6) is 0 Å². The van der Waals surface area contributed by atoms with Crippen LogP contribution in [0.25, 0.3) is 0 Å². The molecule has 1 nitrogen and oxygen atoms in total. The fourth-order valence-corrected chi connectivity index (χ4v) is 3.26. The van der Waals surface area contributed by atoms with Gasteiger partial charge in [-0.15, -0.1) is 11.8 Å². The van der Waals surface area contributed by atoms with E-state index in [0.717, 1.165) is 12.3 Å². The molecule has 1 N–H and O–H groups in total. The summed E-state index contributed by atoms with van der Waals surface area (Å²) in [5.41, 5.74) is 1.65. The van der Waals surface area contributed by atoms with Crippen molar-refractivity contribution in [3.63, 3.8) is 0 Å². The Labute approximate surface area is 129 Å². The Hall–Kier alpha value is -0.470. The fourth-order valence-electron chi connectivity index (χ4n) is 2.05. The molecule has 0 saturated carbocycles. The molecule has 2 heteroatoms. The van der Waals surface area contributed by atoms with Gasteiger partial charge in [0.15, 0.2) is 0 Å². The molecular weight excluding hydrogens is 262 g/mol. The minimum atomic E-state index is 0.242. The smallest absolute Gasteiger partial charge is 0.0184 e. The van der Waals surface area contributed by atoms with Gasteiger partial charge in [-0.05, 0) is 42.0 Å². The summed E-state index contributed by atoms with van der Waals surface area (Å²) in [5, 5.41) is 3.65. The van der Waals surface area contributed by atoms with Gasteiger partial charge in [0.05, 0.1) is 0 Å². The van der Waals surface area contributed by atoms with Crippen LogP contribution in [0.1, 0.15) is 53.5 Å². The topological polar surface area (TPSA) is 12.0 Å². The number of nitrogens with one attached hydrogen (secondary N) is 1. The fraction of sp³-hybridized carbons (Fsp3) is 0.667. The molecule has 0 aliphatic rings. The maximum absolute atomic E-state index is 3.65. The zero-order valence-corrected chi connectivity index (χ0v) is 14.8. The lowest BCUT2D eigenvalue weighted by atomic mass is 9.87. The van der Waals surface area contributed by atoms with E-state index in [9.17, 15) is 0 Å². The van der Waals surface area contributed by atoms with E-state index in [-0.39, 0.29) is 5.41 Å². The van der Waals surface area contributed by atoms with Crippen LogP contribution >= 0.6 is 11.8 Å². The molecule has 1 unspecified atom stereocenters. The van der Waals surface area contributed by atoms with E-state index in [2.05, 4.69) is 71.1 Å². The number of benzene rings is 1. The van der Waals surface area contributed by atoms with E-state index in [1.54, 1.807) is 0 Å². The van der Waals surface area contributed by atoms with Crippen LogP contribution in [0, 0.1) is 5.92 Å². The Kier molecular flexibility index (Phi) is 7.11. The summed E-state index contributed by atoms with van der Waals surface area (Å²) in [4.78, 5) is 1.38. The van der Waals surface area contributed by atoms with Crippen LogP contribution in [-0.2, 0) is 5.41 Å². The summed E-state index contributed by atoms with van der Waals surface area (Å²) in [6.07, 6.45) is 1.20. The highest BCUT2D eigenvalue weighted by Gasteiger charge is 2.14. The normalized spacial score (nSPS) is 13.8. The number of hydrogen-bond acceptors (Lipinski definition) is 2. The van der Waals surface area contributed by atoms with Gasteiger partial charge in [-0.25, -0.2) is 0 Å². The predicted octanol–water partition coefficient (Wildman–Crippen LogP) is 5.10. The lowest BCUT2D eigenvalue weighted by Crippen LogP contribution is -2.36. The minimum Gasteiger partial charge on any atom is -0.313 e. The largest absolute Gasteiger partial charge is 0.313 e. The molecule has 1 rings (SSSR count). The second-order valence-electron chi connectivity index (χ2n) is 6.89. The molecule has 1 aromatic rings. The average molecular weight is 294 g/mol. The highest BCUT2D eigenvalue weighted by Crippen LogP contribution is 2.26. The monoisotopic (exact) mass is 293 g/mol. The van der Waals surface area contributed by atoms with Gasteiger partial charge < -0.3 is 5.32 Å². The molecule has 1 atom stereocenters. The standard InChI is InChI=1S/C18H31NS/c1-7-12-19-17(14(2)3)13-20-16-10-8-15(9-11-16)18(4,5)6/h8-11,14,17,19H,7,12-13H2,1-6H3. The van der Waals surface area contributed by atoms with Gasteiger partial charge in [-0.2, -0.15) is 0 Å². The summed E-state index contributed by atoms with van der Waals surface area (Å²) >= 11 is 1.96. The van der Waals surface area contributed by atoms with Crippen molar-refractivity contribution in [2.75, 3.05) is 12.3 Å². The molecular formula is C18H31NS. The molecule has 0 aliphatic carbocycles. The van der Waals surface area contributed by atoms with Crippen LogP contribution in [0.15, 0.2) is 29.2 Å². The van der Waals surface area contributed by atoms with Gasteiger partial charge in [0, 0.05) is 16.7 Å². The quantitative estimate of drug-likeness (QED) is 0.702. The number of hydrogen-bond donors (Lipinski definition) is 1. The molecule has 20 heavy (non-hydrogen) atoms. The second-order valence-corrected chi connectivity index (χ2v) is 7.98. The average Bonchev–Trinajstić information content (AvgIpc) is 2.38. The lowest BCUT2D eigenvalue weighted by molar-refractivity contribution is 0.434. The van der Waals surface area contributed by atoms with E-state index in [4.69, 9.17) is 0 Å². The third-order valence-corrected chi connectivity index (χ3v) is 4.74. The van der Waals surface area contributed by atoms with E-state index in [1.165, 1.54) is 16.9 Å². The molecule has 0 spiro atoms. The third-order valence-electron chi connectivity index (χ3n) is 3.61. The van der Waals surface area contributed by atoms with Gasteiger partial charge in [0.2, 0.25) is 0 Å². The van der Waals surface area contributed by atoms with Crippen LogP contribution < -0.4 is 5.32 Å². The molecule has 0 aliphatic heterocycles. The van der Waals surface area contributed by atoms with Crippen molar-refractivity contribution in [3.05, 3.63) is 29.8 Å². The predicted molar refractivity (Wildman–Crippen MR) is 92.8 cm³/mol. The molecule has 114 valence electrons. The Morgan fingerprint density at radius 3 is 2.15 bits per heavy atom. The van der Waals surface area contributed by atoms with Crippen molar-refractivity contribution in [1.82, 2.24) is 5.32 Å². The van der Waals surface area contributed by atoms with Crippen LogP contribution in [-0.4, -0.2) is 18.3 Å². The van der Waals surface area contributed by atoms with Crippen molar-refractivity contribution in [1.29, 1.82) is 0 Å².